The molecule has 1 aromatic rings. The van der Waals surface area contributed by atoms with E-state index in [1.807, 2.05) is 0 Å². The largest absolute Gasteiger partial charge is 0.381 e. The van der Waals surface area contributed by atoms with E-state index in [-0.39, 0.29) is 23.4 Å². The van der Waals surface area contributed by atoms with Gasteiger partial charge in [0.05, 0.1) is 17.3 Å². The summed E-state index contributed by atoms with van der Waals surface area (Å²) >= 11 is 0. The molecule has 0 amide bonds. The Morgan fingerprint density at radius 1 is 1.35 bits per heavy atom. The van der Waals surface area contributed by atoms with Gasteiger partial charge in [0.25, 0.3) is 0 Å². The van der Waals surface area contributed by atoms with Crippen LogP contribution in [0.2, 0.25) is 0 Å². The normalized spacial score (nSPS) is 27.4. The van der Waals surface area contributed by atoms with Crippen LogP contribution in [-0.2, 0) is 9.47 Å². The molecular formula is C15H21FN2O2. The van der Waals surface area contributed by atoms with Crippen LogP contribution in [0.5, 0.6) is 0 Å². The van der Waals surface area contributed by atoms with Gasteiger partial charge in [-0.3, -0.25) is 4.98 Å². The third-order valence-corrected chi connectivity index (χ3v) is 4.55. The molecule has 5 heteroatoms. The Hall–Kier alpha value is -1.04. The summed E-state index contributed by atoms with van der Waals surface area (Å²) in [5.74, 6) is -0.0984. The fraction of sp³-hybridized carbons (Fsp3) is 0.667. The zero-order valence-electron chi connectivity index (χ0n) is 11.6. The van der Waals surface area contributed by atoms with E-state index in [2.05, 4.69) is 4.98 Å². The third-order valence-electron chi connectivity index (χ3n) is 4.55. The summed E-state index contributed by atoms with van der Waals surface area (Å²) in [4.78, 5) is 4.12. The van der Waals surface area contributed by atoms with Crippen LogP contribution in [0, 0.1) is 11.7 Å². The molecule has 2 atom stereocenters. The number of halogens is 1. The minimum Gasteiger partial charge on any atom is -0.381 e. The van der Waals surface area contributed by atoms with E-state index in [1.165, 1.54) is 6.07 Å². The summed E-state index contributed by atoms with van der Waals surface area (Å²) < 4.78 is 25.3. The smallest absolute Gasteiger partial charge is 0.146 e. The van der Waals surface area contributed by atoms with E-state index in [4.69, 9.17) is 15.2 Å². The highest BCUT2D eigenvalue weighted by atomic mass is 19.1. The van der Waals surface area contributed by atoms with Crippen molar-refractivity contribution < 1.29 is 13.9 Å². The molecule has 2 saturated heterocycles. The average molecular weight is 280 g/mol. The Bertz CT molecular complexity index is 457. The predicted molar refractivity (Wildman–Crippen MR) is 72.6 cm³/mol. The molecule has 3 rings (SSSR count). The maximum Gasteiger partial charge on any atom is 0.146 e. The second-order valence-electron chi connectivity index (χ2n) is 5.79. The van der Waals surface area contributed by atoms with Crippen LogP contribution >= 0.6 is 0 Å². The molecule has 2 aliphatic heterocycles. The molecule has 0 aromatic carbocycles. The van der Waals surface area contributed by atoms with Gasteiger partial charge < -0.3 is 15.2 Å². The minimum absolute atomic E-state index is 0.121. The van der Waals surface area contributed by atoms with Crippen LogP contribution in [0.25, 0.3) is 0 Å². The van der Waals surface area contributed by atoms with Gasteiger partial charge in [-0.05, 0) is 43.7 Å². The van der Waals surface area contributed by atoms with Crippen LogP contribution < -0.4 is 5.73 Å². The lowest BCUT2D eigenvalue weighted by Crippen LogP contribution is -2.46. The van der Waals surface area contributed by atoms with Crippen molar-refractivity contribution in [3.05, 3.63) is 29.8 Å². The zero-order chi connectivity index (χ0) is 14.0. The molecule has 2 N–H and O–H groups in total. The lowest BCUT2D eigenvalue weighted by atomic mass is 9.77. The first-order valence-corrected chi connectivity index (χ1v) is 7.28. The van der Waals surface area contributed by atoms with Gasteiger partial charge in [0.15, 0.2) is 0 Å². The molecule has 2 unspecified atom stereocenters. The summed E-state index contributed by atoms with van der Waals surface area (Å²) in [6.07, 6.45) is 5.14. The molecule has 110 valence electrons. The quantitative estimate of drug-likeness (QED) is 0.902. The first-order chi connectivity index (χ1) is 9.70. The molecular weight excluding hydrogens is 259 g/mol. The molecule has 0 saturated carbocycles. The first kappa shape index (κ1) is 13.9. The monoisotopic (exact) mass is 280 g/mol. The fourth-order valence-corrected chi connectivity index (χ4v) is 3.33. The molecule has 0 bridgehead atoms. The molecule has 2 aliphatic rings. The Morgan fingerprint density at radius 3 is 2.90 bits per heavy atom. The van der Waals surface area contributed by atoms with Crippen LogP contribution in [0.4, 0.5) is 4.39 Å². The molecule has 0 aliphatic carbocycles. The van der Waals surface area contributed by atoms with Crippen LogP contribution in [0.15, 0.2) is 18.3 Å². The summed E-state index contributed by atoms with van der Waals surface area (Å²) in [6.45, 7) is 2.16. The Balaban J connectivity index is 1.75. The highest BCUT2D eigenvalue weighted by Gasteiger charge is 2.41. The highest BCUT2D eigenvalue weighted by molar-refractivity contribution is 5.13. The predicted octanol–water partition coefficient (Wildman–Crippen LogP) is 2.20. The van der Waals surface area contributed by atoms with Crippen LogP contribution in [-0.4, -0.2) is 30.4 Å². The second-order valence-corrected chi connectivity index (χ2v) is 5.79. The summed E-state index contributed by atoms with van der Waals surface area (Å²) in [6, 6.07) is 2.65. The summed E-state index contributed by atoms with van der Waals surface area (Å²) in [5.41, 5.74) is 6.53. The van der Waals surface area contributed by atoms with E-state index in [0.29, 0.717) is 12.3 Å². The number of nitrogens with zero attached hydrogens (tertiary/aromatic N) is 1. The highest BCUT2D eigenvalue weighted by Crippen LogP contribution is 2.40. The third kappa shape index (κ3) is 2.71. The van der Waals surface area contributed by atoms with Gasteiger partial charge in [-0.15, -0.1) is 0 Å². The van der Waals surface area contributed by atoms with E-state index in [1.54, 1.807) is 12.3 Å². The topological polar surface area (TPSA) is 57.4 Å². The minimum atomic E-state index is -0.361. The second kappa shape index (κ2) is 5.76. The molecule has 4 nitrogen and oxygen atoms in total. The number of rotatable bonds is 2. The van der Waals surface area contributed by atoms with Crippen molar-refractivity contribution in [2.24, 2.45) is 11.7 Å². The summed E-state index contributed by atoms with van der Waals surface area (Å²) in [7, 11) is 0. The average Bonchev–Trinajstić information content (AvgIpc) is 2.48. The van der Waals surface area contributed by atoms with E-state index in [9.17, 15) is 4.39 Å². The van der Waals surface area contributed by atoms with Gasteiger partial charge in [0.1, 0.15) is 5.82 Å². The summed E-state index contributed by atoms with van der Waals surface area (Å²) in [5, 5.41) is 0. The van der Waals surface area contributed by atoms with Gasteiger partial charge in [-0.2, -0.15) is 0 Å². The van der Waals surface area contributed by atoms with Crippen molar-refractivity contribution in [3.8, 4) is 0 Å². The van der Waals surface area contributed by atoms with Gasteiger partial charge in [-0.1, -0.05) is 0 Å². The number of nitrogens with two attached hydrogens (primary N) is 1. The number of ether oxygens (including phenoxy) is 2. The van der Waals surface area contributed by atoms with Crippen LogP contribution in [0.1, 0.15) is 37.4 Å². The lowest BCUT2D eigenvalue weighted by Gasteiger charge is -2.44. The van der Waals surface area contributed by atoms with E-state index < -0.39 is 0 Å². The number of pyridine rings is 1. The van der Waals surface area contributed by atoms with E-state index in [0.717, 1.165) is 38.9 Å². The van der Waals surface area contributed by atoms with Gasteiger partial charge in [0, 0.05) is 26.0 Å². The van der Waals surface area contributed by atoms with Gasteiger partial charge in [-0.25, -0.2) is 4.39 Å². The Kier molecular flexibility index (Phi) is 4.01. The zero-order valence-corrected chi connectivity index (χ0v) is 11.6. The van der Waals surface area contributed by atoms with Crippen molar-refractivity contribution >= 4 is 0 Å². The molecule has 1 aromatic heterocycles. The maximum atomic E-state index is 13.8. The molecule has 2 fully saturated rings. The molecule has 3 heterocycles. The van der Waals surface area contributed by atoms with Crippen molar-refractivity contribution in [1.82, 2.24) is 4.98 Å². The standard InChI is InChI=1S/C15H21FN2O2/c16-12-2-1-6-18-14(12)13(17)11-3-7-20-15(10-11)4-8-19-9-5-15/h1-2,6,11,13H,3-5,7-10,17H2. The Morgan fingerprint density at radius 2 is 2.15 bits per heavy atom. The number of hydrogen-bond donors (Lipinski definition) is 1. The van der Waals surface area contributed by atoms with Crippen molar-refractivity contribution in [1.29, 1.82) is 0 Å². The maximum absolute atomic E-state index is 13.8. The first-order valence-electron chi connectivity index (χ1n) is 7.28. The molecule has 20 heavy (non-hydrogen) atoms. The lowest BCUT2D eigenvalue weighted by molar-refractivity contribution is -0.149. The van der Waals surface area contributed by atoms with Crippen molar-refractivity contribution in [2.75, 3.05) is 19.8 Å². The van der Waals surface area contributed by atoms with Crippen LogP contribution in [0.3, 0.4) is 0 Å². The van der Waals surface area contributed by atoms with E-state index >= 15 is 0 Å². The van der Waals surface area contributed by atoms with Gasteiger partial charge >= 0.3 is 0 Å². The SMILES string of the molecule is NC(c1ncccc1F)C1CCOC2(CCOCC2)C1. The van der Waals surface area contributed by atoms with Crippen molar-refractivity contribution in [2.45, 2.75) is 37.3 Å². The fourth-order valence-electron chi connectivity index (χ4n) is 3.33. The molecule has 1 spiro atoms. The van der Waals surface area contributed by atoms with Gasteiger partial charge in [0.2, 0.25) is 0 Å². The molecule has 0 radical (unpaired) electrons. The number of aromatic nitrogens is 1. The Labute approximate surface area is 118 Å². The van der Waals surface area contributed by atoms with Crippen molar-refractivity contribution in [3.63, 3.8) is 0 Å². The number of hydrogen-bond acceptors (Lipinski definition) is 4.